The van der Waals surface area contributed by atoms with Crippen molar-refractivity contribution >= 4 is 0 Å². The van der Waals surface area contributed by atoms with E-state index in [2.05, 4.69) is 57.3 Å². The van der Waals surface area contributed by atoms with E-state index < -0.39 is 0 Å². The maximum atomic E-state index is 3.79. The van der Waals surface area contributed by atoms with Gasteiger partial charge in [0, 0.05) is 12.1 Å². The Morgan fingerprint density at radius 1 is 1.06 bits per heavy atom. The first-order chi connectivity index (χ1) is 8.67. The molecule has 1 aromatic carbocycles. The zero-order valence-electron chi connectivity index (χ0n) is 12.5. The van der Waals surface area contributed by atoms with E-state index in [0.717, 1.165) is 6.42 Å². The Kier molecular flexibility index (Phi) is 7.04. The molecule has 0 bridgehead atoms. The van der Waals surface area contributed by atoms with Crippen LogP contribution in [0.2, 0.25) is 0 Å². The molecule has 0 saturated heterocycles. The fourth-order valence-corrected chi connectivity index (χ4v) is 2.64. The normalized spacial score (nSPS) is 12.9. The lowest BCUT2D eigenvalue weighted by Crippen LogP contribution is -2.37. The monoisotopic (exact) mass is 247 g/mol. The Bertz CT molecular complexity index is 326. The van der Waals surface area contributed by atoms with Gasteiger partial charge in [0.2, 0.25) is 0 Å². The number of benzene rings is 1. The van der Waals surface area contributed by atoms with E-state index in [-0.39, 0.29) is 0 Å². The second-order valence-electron chi connectivity index (χ2n) is 5.47. The third kappa shape index (κ3) is 5.22. The SMILES string of the molecule is CCCC(CCC)NC(C)Cc1ccccc1C. The summed E-state index contributed by atoms with van der Waals surface area (Å²) in [7, 11) is 0. The Balaban J connectivity index is 2.49. The molecule has 1 nitrogen and oxygen atoms in total. The molecule has 0 fully saturated rings. The molecule has 0 aromatic heterocycles. The van der Waals surface area contributed by atoms with Gasteiger partial charge in [-0.3, -0.25) is 0 Å². The van der Waals surface area contributed by atoms with Gasteiger partial charge in [-0.15, -0.1) is 0 Å². The molecule has 0 amide bonds. The van der Waals surface area contributed by atoms with E-state index in [9.17, 15) is 0 Å². The van der Waals surface area contributed by atoms with Crippen LogP contribution in [-0.4, -0.2) is 12.1 Å². The number of rotatable bonds is 8. The van der Waals surface area contributed by atoms with Crippen LogP contribution < -0.4 is 5.32 Å². The molecule has 1 unspecified atom stereocenters. The molecule has 1 heteroatoms. The molecule has 0 radical (unpaired) electrons. The highest BCUT2D eigenvalue weighted by atomic mass is 14.9. The molecule has 0 aliphatic rings. The zero-order valence-corrected chi connectivity index (χ0v) is 12.5. The van der Waals surface area contributed by atoms with Crippen molar-refractivity contribution in [2.45, 2.75) is 71.9 Å². The first-order valence-electron chi connectivity index (χ1n) is 7.47. The molecular formula is C17H29N. The quantitative estimate of drug-likeness (QED) is 0.714. The molecule has 1 atom stereocenters. The van der Waals surface area contributed by atoms with E-state index in [1.54, 1.807) is 0 Å². The number of hydrogen-bond donors (Lipinski definition) is 1. The molecule has 1 rings (SSSR count). The topological polar surface area (TPSA) is 12.0 Å². The predicted molar refractivity (Wildman–Crippen MR) is 81.1 cm³/mol. The van der Waals surface area contributed by atoms with Crippen LogP contribution in [-0.2, 0) is 6.42 Å². The minimum Gasteiger partial charge on any atom is -0.311 e. The van der Waals surface area contributed by atoms with Gasteiger partial charge in [0.1, 0.15) is 0 Å². The summed E-state index contributed by atoms with van der Waals surface area (Å²) in [5.41, 5.74) is 2.89. The van der Waals surface area contributed by atoms with Crippen molar-refractivity contribution in [3.8, 4) is 0 Å². The Hall–Kier alpha value is -0.820. The van der Waals surface area contributed by atoms with Gasteiger partial charge in [0.15, 0.2) is 0 Å². The van der Waals surface area contributed by atoms with E-state index in [1.807, 2.05) is 0 Å². The standard InChI is InChI=1S/C17H29N/c1-5-9-17(10-6-2)18-15(4)13-16-12-8-7-11-14(16)3/h7-8,11-12,15,17-18H,5-6,9-10,13H2,1-4H3. The van der Waals surface area contributed by atoms with Gasteiger partial charge < -0.3 is 5.32 Å². The summed E-state index contributed by atoms with van der Waals surface area (Å²) in [5, 5.41) is 3.79. The third-order valence-electron chi connectivity index (χ3n) is 3.58. The van der Waals surface area contributed by atoms with Crippen LogP contribution in [0, 0.1) is 6.92 Å². The van der Waals surface area contributed by atoms with E-state index in [4.69, 9.17) is 0 Å². The Morgan fingerprint density at radius 2 is 1.67 bits per heavy atom. The van der Waals surface area contributed by atoms with Crippen LogP contribution in [0.25, 0.3) is 0 Å². The smallest absolute Gasteiger partial charge is 0.00818 e. The summed E-state index contributed by atoms with van der Waals surface area (Å²) in [5.74, 6) is 0. The Morgan fingerprint density at radius 3 is 2.22 bits per heavy atom. The third-order valence-corrected chi connectivity index (χ3v) is 3.58. The van der Waals surface area contributed by atoms with Gasteiger partial charge in [-0.05, 0) is 44.2 Å². The number of hydrogen-bond acceptors (Lipinski definition) is 1. The maximum absolute atomic E-state index is 3.79. The van der Waals surface area contributed by atoms with Crippen molar-refractivity contribution < 1.29 is 0 Å². The first kappa shape index (κ1) is 15.2. The van der Waals surface area contributed by atoms with Gasteiger partial charge in [0.25, 0.3) is 0 Å². The number of nitrogens with one attached hydrogen (secondary N) is 1. The first-order valence-corrected chi connectivity index (χ1v) is 7.47. The summed E-state index contributed by atoms with van der Waals surface area (Å²) in [6, 6.07) is 9.98. The molecular weight excluding hydrogens is 218 g/mol. The van der Waals surface area contributed by atoms with Gasteiger partial charge in [0.05, 0.1) is 0 Å². The summed E-state index contributed by atoms with van der Waals surface area (Å²) < 4.78 is 0. The highest BCUT2D eigenvalue weighted by Gasteiger charge is 2.11. The van der Waals surface area contributed by atoms with Crippen LogP contribution in [0.15, 0.2) is 24.3 Å². The second-order valence-corrected chi connectivity index (χ2v) is 5.47. The van der Waals surface area contributed by atoms with E-state index in [1.165, 1.54) is 36.8 Å². The summed E-state index contributed by atoms with van der Waals surface area (Å²) in [4.78, 5) is 0. The van der Waals surface area contributed by atoms with Crippen molar-refractivity contribution in [3.05, 3.63) is 35.4 Å². The lowest BCUT2D eigenvalue weighted by Gasteiger charge is -2.23. The van der Waals surface area contributed by atoms with Gasteiger partial charge >= 0.3 is 0 Å². The molecule has 0 saturated carbocycles. The van der Waals surface area contributed by atoms with Crippen LogP contribution in [0.1, 0.15) is 57.6 Å². The minimum absolute atomic E-state index is 0.564. The molecule has 0 aliphatic carbocycles. The number of aryl methyl sites for hydroxylation is 1. The van der Waals surface area contributed by atoms with Crippen LogP contribution in [0.5, 0.6) is 0 Å². The van der Waals surface area contributed by atoms with Crippen molar-refractivity contribution in [2.24, 2.45) is 0 Å². The highest BCUT2D eigenvalue weighted by molar-refractivity contribution is 5.26. The van der Waals surface area contributed by atoms with Crippen molar-refractivity contribution in [1.82, 2.24) is 5.32 Å². The van der Waals surface area contributed by atoms with Crippen molar-refractivity contribution in [2.75, 3.05) is 0 Å². The lowest BCUT2D eigenvalue weighted by molar-refractivity contribution is 0.395. The van der Waals surface area contributed by atoms with Gasteiger partial charge in [-0.1, -0.05) is 51.0 Å². The van der Waals surface area contributed by atoms with E-state index in [0.29, 0.717) is 12.1 Å². The molecule has 18 heavy (non-hydrogen) atoms. The fraction of sp³-hybridized carbons (Fsp3) is 0.647. The van der Waals surface area contributed by atoms with Crippen LogP contribution >= 0.6 is 0 Å². The Labute approximate surface area is 113 Å². The average molecular weight is 247 g/mol. The van der Waals surface area contributed by atoms with Crippen molar-refractivity contribution in [1.29, 1.82) is 0 Å². The van der Waals surface area contributed by atoms with Gasteiger partial charge in [-0.2, -0.15) is 0 Å². The summed E-state index contributed by atoms with van der Waals surface area (Å²) in [6.07, 6.45) is 6.28. The highest BCUT2D eigenvalue weighted by Crippen LogP contribution is 2.12. The minimum atomic E-state index is 0.564. The molecule has 102 valence electrons. The van der Waals surface area contributed by atoms with Crippen LogP contribution in [0.4, 0.5) is 0 Å². The predicted octanol–water partition coefficient (Wildman–Crippen LogP) is 4.48. The second kappa shape index (κ2) is 8.31. The molecule has 1 N–H and O–H groups in total. The molecule has 0 spiro atoms. The largest absolute Gasteiger partial charge is 0.311 e. The van der Waals surface area contributed by atoms with Crippen LogP contribution in [0.3, 0.4) is 0 Å². The maximum Gasteiger partial charge on any atom is 0.00818 e. The fourth-order valence-electron chi connectivity index (χ4n) is 2.64. The molecule has 1 aromatic rings. The van der Waals surface area contributed by atoms with Crippen molar-refractivity contribution in [3.63, 3.8) is 0 Å². The van der Waals surface area contributed by atoms with E-state index >= 15 is 0 Å². The van der Waals surface area contributed by atoms with Gasteiger partial charge in [-0.25, -0.2) is 0 Å². The zero-order chi connectivity index (χ0) is 13.4. The average Bonchev–Trinajstić information content (AvgIpc) is 2.33. The summed E-state index contributed by atoms with van der Waals surface area (Å²) >= 11 is 0. The molecule has 0 aliphatic heterocycles. The summed E-state index contributed by atoms with van der Waals surface area (Å²) in [6.45, 7) is 9.06. The lowest BCUT2D eigenvalue weighted by atomic mass is 10.00. The molecule has 0 heterocycles.